The van der Waals surface area contributed by atoms with Crippen molar-refractivity contribution in [2.45, 2.75) is 36.2 Å². The molecular weight excluding hydrogens is 589 g/mol. The fourth-order valence-electron chi connectivity index (χ4n) is 4.06. The number of aromatic nitrogens is 1. The normalized spacial score (nSPS) is 12.6. The zero-order valence-electron chi connectivity index (χ0n) is 22.3. The van der Waals surface area contributed by atoms with Crippen LogP contribution in [0.5, 0.6) is 0 Å². The number of rotatable bonds is 10. The molecule has 4 aromatic rings. The molecule has 0 aliphatic carbocycles. The highest BCUT2D eigenvalue weighted by Crippen LogP contribution is 2.23. The van der Waals surface area contributed by atoms with E-state index in [9.17, 15) is 26.4 Å². The number of amides is 1. The van der Waals surface area contributed by atoms with Crippen LogP contribution < -0.4 is 9.94 Å². The number of nitrogens with two attached hydrogens (primary N) is 1. The molecule has 0 spiro atoms. The molecule has 0 aliphatic heterocycles. The quantitative estimate of drug-likeness (QED) is 0.268. The van der Waals surface area contributed by atoms with E-state index in [0.29, 0.717) is 10.2 Å². The van der Waals surface area contributed by atoms with Crippen molar-refractivity contribution in [3.63, 3.8) is 0 Å². The Bertz CT molecular complexity index is 1860. The summed E-state index contributed by atoms with van der Waals surface area (Å²) in [5.74, 6) is -1.11. The van der Waals surface area contributed by atoms with E-state index in [4.69, 9.17) is 9.88 Å². The molecule has 41 heavy (non-hydrogen) atoms. The predicted molar refractivity (Wildman–Crippen MR) is 154 cm³/mol. The average Bonchev–Trinajstić information content (AvgIpc) is 3.30. The smallest absolute Gasteiger partial charge is 0.307 e. The van der Waals surface area contributed by atoms with Gasteiger partial charge in [-0.2, -0.15) is 9.30 Å². The first-order chi connectivity index (χ1) is 19.4. The van der Waals surface area contributed by atoms with Crippen molar-refractivity contribution in [2.75, 3.05) is 13.7 Å². The summed E-state index contributed by atoms with van der Waals surface area (Å²) in [4.78, 5) is 29.3. The second kappa shape index (κ2) is 12.4. The molecule has 0 unspecified atom stereocenters. The molecule has 1 amide bonds. The maximum atomic E-state index is 13.3. The monoisotopic (exact) mass is 616 g/mol. The molecule has 0 bridgehead atoms. The van der Waals surface area contributed by atoms with Crippen LogP contribution in [0, 0.1) is 0 Å². The Morgan fingerprint density at radius 1 is 0.976 bits per heavy atom. The van der Waals surface area contributed by atoms with E-state index in [1.807, 2.05) is 30.3 Å². The van der Waals surface area contributed by atoms with Gasteiger partial charge in [-0.15, -0.1) is 0 Å². The highest BCUT2D eigenvalue weighted by Gasteiger charge is 2.23. The van der Waals surface area contributed by atoms with Crippen LogP contribution in [-0.2, 0) is 42.7 Å². The van der Waals surface area contributed by atoms with Crippen LogP contribution in [0.1, 0.15) is 29.3 Å². The minimum Gasteiger partial charge on any atom is -0.469 e. The van der Waals surface area contributed by atoms with Gasteiger partial charge in [0.15, 0.2) is 4.80 Å². The van der Waals surface area contributed by atoms with E-state index >= 15 is 0 Å². The Morgan fingerprint density at radius 3 is 2.24 bits per heavy atom. The number of ether oxygens (including phenoxy) is 1. The fourth-order valence-corrected chi connectivity index (χ4v) is 7.21. The lowest BCUT2D eigenvalue weighted by molar-refractivity contribution is -0.140. The van der Waals surface area contributed by atoms with Crippen molar-refractivity contribution >= 4 is 53.5 Å². The van der Waals surface area contributed by atoms with Crippen LogP contribution in [0.2, 0.25) is 0 Å². The van der Waals surface area contributed by atoms with Crippen molar-refractivity contribution in [1.82, 2.24) is 8.87 Å². The van der Waals surface area contributed by atoms with E-state index in [-0.39, 0.29) is 46.2 Å². The molecule has 0 fully saturated rings. The number of esters is 1. The maximum Gasteiger partial charge on any atom is 0.307 e. The molecule has 4 rings (SSSR count). The Kier molecular flexibility index (Phi) is 9.19. The highest BCUT2D eigenvalue weighted by atomic mass is 32.2. The number of aryl methyl sites for hydroxylation is 1. The Balaban J connectivity index is 1.66. The van der Waals surface area contributed by atoms with Crippen LogP contribution in [0.15, 0.2) is 87.6 Å². The van der Waals surface area contributed by atoms with Gasteiger partial charge in [0.2, 0.25) is 20.0 Å². The largest absolute Gasteiger partial charge is 0.469 e. The number of hydrogen-bond acceptors (Lipinski definition) is 8. The predicted octanol–water partition coefficient (Wildman–Crippen LogP) is 2.87. The number of carbonyl (C=O) groups is 2. The third kappa shape index (κ3) is 6.97. The number of carbonyl (C=O) groups excluding carboxylic acids is 2. The molecule has 0 saturated carbocycles. The van der Waals surface area contributed by atoms with Gasteiger partial charge in [-0.25, -0.2) is 22.0 Å². The lowest BCUT2D eigenvalue weighted by Gasteiger charge is -2.20. The van der Waals surface area contributed by atoms with Gasteiger partial charge in [0.1, 0.15) is 0 Å². The average molecular weight is 617 g/mol. The van der Waals surface area contributed by atoms with E-state index in [2.05, 4.69) is 4.99 Å². The molecule has 14 heteroatoms. The van der Waals surface area contributed by atoms with Crippen molar-refractivity contribution in [3.05, 3.63) is 88.7 Å². The summed E-state index contributed by atoms with van der Waals surface area (Å²) in [7, 11) is -6.52. The van der Waals surface area contributed by atoms with Gasteiger partial charge >= 0.3 is 5.97 Å². The number of primary sulfonamides is 1. The molecule has 0 saturated heterocycles. The zero-order valence-corrected chi connectivity index (χ0v) is 24.7. The lowest BCUT2D eigenvalue weighted by Crippen LogP contribution is -2.30. The molecule has 0 aliphatic rings. The van der Waals surface area contributed by atoms with Crippen LogP contribution in [0.3, 0.4) is 0 Å². The van der Waals surface area contributed by atoms with Gasteiger partial charge in [-0.1, -0.05) is 48.6 Å². The minimum atomic E-state index is -3.96. The first-order valence-corrected chi connectivity index (χ1v) is 16.2. The van der Waals surface area contributed by atoms with Crippen LogP contribution >= 0.6 is 11.3 Å². The number of hydrogen-bond donors (Lipinski definition) is 1. The molecule has 2 N–H and O–H groups in total. The van der Waals surface area contributed by atoms with Gasteiger partial charge < -0.3 is 9.30 Å². The zero-order chi connectivity index (χ0) is 29.8. The van der Waals surface area contributed by atoms with Crippen molar-refractivity contribution < 1.29 is 31.2 Å². The molecular formula is C27H28N4O7S3. The number of methoxy groups -OCH3 is 1. The number of benzene rings is 3. The van der Waals surface area contributed by atoms with Gasteiger partial charge in [0.25, 0.3) is 5.91 Å². The van der Waals surface area contributed by atoms with Crippen molar-refractivity contribution in [3.8, 4) is 0 Å². The topological polar surface area (TPSA) is 158 Å². The van der Waals surface area contributed by atoms with E-state index < -0.39 is 31.9 Å². The summed E-state index contributed by atoms with van der Waals surface area (Å²) in [5.41, 5.74) is 1.55. The SMILES string of the molecule is CCN(Cc1ccccc1)S(=O)(=O)c1ccc(C(=O)N=c2sc3cc(S(N)(=O)=O)ccc3n2CCC(=O)OC)cc1. The summed E-state index contributed by atoms with van der Waals surface area (Å²) in [5, 5.41) is 5.26. The van der Waals surface area contributed by atoms with Gasteiger partial charge in [-0.05, 0) is 48.0 Å². The molecule has 11 nitrogen and oxygen atoms in total. The molecule has 1 heterocycles. The first kappa shape index (κ1) is 30.3. The highest BCUT2D eigenvalue weighted by molar-refractivity contribution is 7.89. The van der Waals surface area contributed by atoms with E-state index in [1.165, 1.54) is 53.9 Å². The molecule has 3 aromatic carbocycles. The van der Waals surface area contributed by atoms with Crippen LogP contribution in [-0.4, -0.2) is 51.2 Å². The van der Waals surface area contributed by atoms with E-state index in [1.54, 1.807) is 11.5 Å². The first-order valence-electron chi connectivity index (χ1n) is 12.4. The molecule has 0 atom stereocenters. The summed E-state index contributed by atoms with van der Waals surface area (Å²) in [6, 6.07) is 19.0. The maximum absolute atomic E-state index is 13.3. The second-order valence-electron chi connectivity index (χ2n) is 8.90. The van der Waals surface area contributed by atoms with E-state index in [0.717, 1.165) is 16.9 Å². The molecule has 1 aromatic heterocycles. The van der Waals surface area contributed by atoms with Gasteiger partial charge in [-0.3, -0.25) is 9.59 Å². The number of thiazole rings is 1. The summed E-state index contributed by atoms with van der Waals surface area (Å²) < 4.78 is 58.3. The van der Waals surface area contributed by atoms with Crippen LogP contribution in [0.4, 0.5) is 0 Å². The van der Waals surface area contributed by atoms with Gasteiger partial charge in [0, 0.05) is 25.2 Å². The summed E-state index contributed by atoms with van der Waals surface area (Å²) in [6.07, 6.45) is -0.00981. The second-order valence-corrected chi connectivity index (χ2v) is 13.4. The third-order valence-corrected chi connectivity index (χ3v) is 10.1. The van der Waals surface area contributed by atoms with Crippen molar-refractivity contribution in [1.29, 1.82) is 0 Å². The fraction of sp³-hybridized carbons (Fsp3) is 0.222. The molecule has 216 valence electrons. The number of fused-ring (bicyclic) bond motifs is 1. The summed E-state index contributed by atoms with van der Waals surface area (Å²) in [6.45, 7) is 2.35. The Labute approximate surface area is 241 Å². The molecule has 0 radical (unpaired) electrons. The standard InChI is InChI=1S/C27H28N4O7S3/c1-3-30(18-19-7-5-4-6-8-19)41(36,37)21-11-9-20(10-12-21)26(33)29-27-31(16-15-25(32)38-2)23-14-13-22(40(28,34)35)17-24(23)39-27/h4-14,17H,3,15-16,18H2,1-2H3,(H2,28,34,35). The Hall–Kier alpha value is -3.69. The number of sulfonamides is 2. The van der Waals surface area contributed by atoms with Crippen molar-refractivity contribution in [2.24, 2.45) is 10.1 Å². The van der Waals surface area contributed by atoms with Crippen LogP contribution in [0.25, 0.3) is 10.2 Å². The lowest BCUT2D eigenvalue weighted by atomic mass is 10.2. The van der Waals surface area contributed by atoms with Gasteiger partial charge in [0.05, 0.1) is 33.5 Å². The number of nitrogens with zero attached hydrogens (tertiary/aromatic N) is 3. The Morgan fingerprint density at radius 2 is 1.63 bits per heavy atom. The summed E-state index contributed by atoms with van der Waals surface area (Å²) >= 11 is 1.05. The third-order valence-electron chi connectivity index (χ3n) is 6.24. The minimum absolute atomic E-state index is 0.00981.